The van der Waals surface area contributed by atoms with Gasteiger partial charge in [0.2, 0.25) is 0 Å². The van der Waals surface area contributed by atoms with Crippen LogP contribution in [0.1, 0.15) is 39.0 Å². The van der Waals surface area contributed by atoms with Crippen molar-refractivity contribution in [2.24, 2.45) is 5.41 Å². The average Bonchev–Trinajstić information content (AvgIpc) is 2.87. The van der Waals surface area contributed by atoms with Crippen LogP contribution in [-0.2, 0) is 19.4 Å². The summed E-state index contributed by atoms with van der Waals surface area (Å²) in [4.78, 5) is 35.5. The van der Waals surface area contributed by atoms with E-state index in [9.17, 15) is 33.0 Å². The third kappa shape index (κ3) is 3.77. The summed E-state index contributed by atoms with van der Waals surface area (Å²) in [7, 11) is -4.22. The van der Waals surface area contributed by atoms with Crippen LogP contribution in [0, 0.1) is 12.3 Å². The number of Topliss-reactive ketones (excluding diaryl/α,β-unsaturated/α-hetero) is 1. The number of sulfone groups is 1. The Morgan fingerprint density at radius 2 is 1.96 bits per heavy atom. The lowest BCUT2D eigenvalue weighted by molar-refractivity contribution is -0.150. The molecule has 27 heavy (non-hydrogen) atoms. The SMILES string of the molecule is Cc1cn([C@H]2C[C@@](O)(S(C)(=O)=O)[C@@H](C(O)C(=O)C(C)(C)C)O2)c(=O)[nH]c1=O. The van der Waals surface area contributed by atoms with E-state index in [-0.39, 0.29) is 5.56 Å². The van der Waals surface area contributed by atoms with Gasteiger partial charge >= 0.3 is 5.69 Å². The summed E-state index contributed by atoms with van der Waals surface area (Å²) < 4.78 is 30.9. The number of H-pyrrole nitrogens is 1. The highest BCUT2D eigenvalue weighted by Crippen LogP contribution is 2.42. The molecule has 2 heterocycles. The monoisotopic (exact) mass is 404 g/mol. The predicted octanol–water partition coefficient (Wildman–Crippen LogP) is -1.16. The molecule has 0 aliphatic carbocycles. The van der Waals surface area contributed by atoms with Gasteiger partial charge in [-0.2, -0.15) is 0 Å². The van der Waals surface area contributed by atoms with Gasteiger partial charge in [0.15, 0.2) is 20.6 Å². The Morgan fingerprint density at radius 1 is 1.41 bits per heavy atom. The number of hydrogen-bond donors (Lipinski definition) is 3. The quantitative estimate of drug-likeness (QED) is 0.567. The highest BCUT2D eigenvalue weighted by Gasteiger charge is 2.59. The number of aliphatic hydroxyl groups is 2. The van der Waals surface area contributed by atoms with Crippen molar-refractivity contribution in [2.45, 2.75) is 57.5 Å². The first-order chi connectivity index (χ1) is 12.1. The number of aromatic nitrogens is 2. The molecule has 1 aliphatic rings. The van der Waals surface area contributed by atoms with Crippen LogP contribution in [0.5, 0.6) is 0 Å². The molecule has 3 N–H and O–H groups in total. The normalized spacial score (nSPS) is 27.5. The van der Waals surface area contributed by atoms with Crippen molar-refractivity contribution in [1.82, 2.24) is 9.55 Å². The summed E-state index contributed by atoms with van der Waals surface area (Å²) in [5.41, 5.74) is -2.35. The molecule has 1 fully saturated rings. The van der Waals surface area contributed by atoms with Crippen LogP contribution in [0.3, 0.4) is 0 Å². The van der Waals surface area contributed by atoms with Crippen LogP contribution < -0.4 is 11.2 Å². The van der Waals surface area contributed by atoms with E-state index < -0.39 is 62.1 Å². The molecule has 1 saturated heterocycles. The lowest BCUT2D eigenvalue weighted by Gasteiger charge is -2.31. The molecule has 4 atom stereocenters. The number of hydrogen-bond acceptors (Lipinski definition) is 8. The highest BCUT2D eigenvalue weighted by atomic mass is 32.2. The molecule has 0 aromatic carbocycles. The number of ether oxygens (including phenoxy) is 1. The second-order valence-corrected chi connectivity index (χ2v) is 10.1. The minimum Gasteiger partial charge on any atom is -0.382 e. The van der Waals surface area contributed by atoms with Crippen LogP contribution >= 0.6 is 0 Å². The molecule has 10 nitrogen and oxygen atoms in total. The van der Waals surface area contributed by atoms with E-state index >= 15 is 0 Å². The van der Waals surface area contributed by atoms with Gasteiger partial charge in [0.25, 0.3) is 5.56 Å². The maximum absolute atomic E-state index is 12.4. The van der Waals surface area contributed by atoms with Gasteiger partial charge in [0.1, 0.15) is 18.4 Å². The number of aliphatic hydroxyl groups excluding tert-OH is 1. The van der Waals surface area contributed by atoms with Gasteiger partial charge in [-0.15, -0.1) is 0 Å². The smallest absolute Gasteiger partial charge is 0.330 e. The second-order valence-electron chi connectivity index (χ2n) is 7.87. The van der Waals surface area contributed by atoms with Crippen molar-refractivity contribution in [3.8, 4) is 0 Å². The molecule has 0 spiro atoms. The summed E-state index contributed by atoms with van der Waals surface area (Å²) in [6, 6.07) is 0. The third-order valence-electron chi connectivity index (χ3n) is 4.61. The fraction of sp³-hybridized carbons (Fsp3) is 0.688. The minimum atomic E-state index is -4.22. The van der Waals surface area contributed by atoms with Crippen LogP contribution in [0.15, 0.2) is 15.8 Å². The van der Waals surface area contributed by atoms with Crippen molar-refractivity contribution < 1.29 is 28.2 Å². The van der Waals surface area contributed by atoms with E-state index in [2.05, 4.69) is 4.98 Å². The Balaban J connectivity index is 2.55. The highest BCUT2D eigenvalue weighted by molar-refractivity contribution is 7.92. The van der Waals surface area contributed by atoms with Crippen LogP contribution in [0.25, 0.3) is 0 Å². The Kier molecular flexibility index (Phi) is 5.30. The molecule has 1 unspecified atom stereocenters. The lowest BCUT2D eigenvalue weighted by atomic mass is 9.85. The summed E-state index contributed by atoms with van der Waals surface area (Å²) >= 11 is 0. The zero-order chi connectivity index (χ0) is 20.9. The second kappa shape index (κ2) is 6.66. The van der Waals surface area contributed by atoms with E-state index in [1.807, 2.05) is 0 Å². The standard InChI is InChI=1S/C16H24N2O8S/c1-8-7-18(14(22)17-13(8)21)9-6-16(23,27(5,24)25)12(26-9)10(19)11(20)15(2,3)4/h7,9-10,12,19,23H,6H2,1-5H3,(H,17,21,22)/t9-,10?,12-,16-/m1/s1. The Labute approximate surface area is 155 Å². The van der Waals surface area contributed by atoms with E-state index in [0.29, 0.717) is 0 Å². The zero-order valence-electron chi connectivity index (χ0n) is 15.7. The fourth-order valence-corrected chi connectivity index (χ4v) is 3.97. The molecule has 1 aromatic rings. The number of nitrogens with one attached hydrogen (secondary N) is 1. The van der Waals surface area contributed by atoms with Gasteiger partial charge < -0.3 is 14.9 Å². The average molecular weight is 404 g/mol. The maximum Gasteiger partial charge on any atom is 0.330 e. The molecule has 152 valence electrons. The molecule has 11 heteroatoms. The number of aromatic amines is 1. The van der Waals surface area contributed by atoms with Gasteiger partial charge in [0, 0.05) is 29.9 Å². The summed E-state index contributed by atoms with van der Waals surface area (Å²) in [6.07, 6.45) is -3.73. The fourth-order valence-electron chi connectivity index (χ4n) is 2.92. The molecule has 2 rings (SSSR count). The van der Waals surface area contributed by atoms with Gasteiger partial charge in [-0.3, -0.25) is 19.1 Å². The van der Waals surface area contributed by atoms with E-state index in [4.69, 9.17) is 4.74 Å². The Morgan fingerprint density at radius 3 is 2.44 bits per heavy atom. The van der Waals surface area contributed by atoms with Crippen LogP contribution in [-0.4, -0.2) is 57.4 Å². The number of ketones is 1. The maximum atomic E-state index is 12.4. The number of rotatable bonds is 4. The Hall–Kier alpha value is -1.82. The minimum absolute atomic E-state index is 0.163. The summed E-state index contributed by atoms with van der Waals surface area (Å²) in [6.45, 7) is 6.02. The first-order valence-corrected chi connectivity index (χ1v) is 10.1. The lowest BCUT2D eigenvalue weighted by Crippen LogP contribution is -2.55. The van der Waals surface area contributed by atoms with Crippen LogP contribution in [0.4, 0.5) is 0 Å². The molecule has 1 aromatic heterocycles. The number of aryl methyl sites for hydroxylation is 1. The molecular weight excluding hydrogens is 380 g/mol. The molecular formula is C16H24N2O8S. The summed E-state index contributed by atoms with van der Waals surface area (Å²) in [5.74, 6) is -0.722. The topological polar surface area (TPSA) is 156 Å². The molecule has 0 saturated carbocycles. The number of carbonyl (C=O) groups is 1. The predicted molar refractivity (Wildman–Crippen MR) is 94.8 cm³/mol. The molecule has 0 radical (unpaired) electrons. The van der Waals surface area contributed by atoms with Crippen molar-refractivity contribution >= 4 is 15.6 Å². The van der Waals surface area contributed by atoms with Crippen molar-refractivity contribution in [1.29, 1.82) is 0 Å². The van der Waals surface area contributed by atoms with Gasteiger partial charge in [-0.05, 0) is 6.92 Å². The van der Waals surface area contributed by atoms with Crippen molar-refractivity contribution in [3.05, 3.63) is 32.6 Å². The zero-order valence-corrected chi connectivity index (χ0v) is 16.5. The summed E-state index contributed by atoms with van der Waals surface area (Å²) in [5, 5.41) is 21.2. The molecule has 1 aliphatic heterocycles. The number of nitrogens with zero attached hydrogens (tertiary/aromatic N) is 1. The van der Waals surface area contributed by atoms with E-state index in [0.717, 1.165) is 17.0 Å². The molecule has 0 bridgehead atoms. The van der Waals surface area contributed by atoms with Gasteiger partial charge in [0.05, 0.1) is 0 Å². The van der Waals surface area contributed by atoms with E-state index in [1.54, 1.807) is 0 Å². The Bertz CT molecular complexity index is 971. The first kappa shape index (κ1) is 21.5. The van der Waals surface area contributed by atoms with Crippen molar-refractivity contribution in [2.75, 3.05) is 6.26 Å². The largest absolute Gasteiger partial charge is 0.382 e. The van der Waals surface area contributed by atoms with Crippen molar-refractivity contribution in [3.63, 3.8) is 0 Å². The first-order valence-electron chi connectivity index (χ1n) is 8.21. The molecule has 0 amide bonds. The van der Waals surface area contributed by atoms with Gasteiger partial charge in [-0.1, -0.05) is 20.8 Å². The van der Waals surface area contributed by atoms with Crippen LogP contribution in [0.2, 0.25) is 0 Å². The van der Waals surface area contributed by atoms with Gasteiger partial charge in [-0.25, -0.2) is 13.2 Å². The third-order valence-corrected chi connectivity index (χ3v) is 6.29. The number of carbonyl (C=O) groups excluding carboxylic acids is 1. The van der Waals surface area contributed by atoms with E-state index in [1.165, 1.54) is 27.7 Å².